The van der Waals surface area contributed by atoms with Crippen LogP contribution in [-0.2, 0) is 11.3 Å². The second-order valence-electron chi connectivity index (χ2n) is 9.43. The van der Waals surface area contributed by atoms with Gasteiger partial charge in [-0.1, -0.05) is 42.2 Å². The molecule has 4 aromatic rings. The number of benzene rings is 2. The Morgan fingerprint density at radius 2 is 1.52 bits per heavy atom. The van der Waals surface area contributed by atoms with Crippen LogP contribution in [0.5, 0.6) is 0 Å². The fourth-order valence-corrected chi connectivity index (χ4v) is 6.06. The number of carbonyl (C=O) groups is 1. The quantitative estimate of drug-likeness (QED) is 0.253. The molecule has 4 heterocycles. The van der Waals surface area contributed by atoms with Gasteiger partial charge in [-0.05, 0) is 60.2 Å². The summed E-state index contributed by atoms with van der Waals surface area (Å²) in [5.41, 5.74) is 2.19. The van der Waals surface area contributed by atoms with Crippen LogP contribution in [0.3, 0.4) is 0 Å². The molecule has 2 fully saturated rings. The van der Waals surface area contributed by atoms with Crippen molar-refractivity contribution >= 4 is 57.4 Å². The Bertz CT molecular complexity index is 1700. The number of hydrogen-bond donors (Lipinski definition) is 0. The Balaban J connectivity index is 1.32. The van der Waals surface area contributed by atoms with Crippen molar-refractivity contribution in [3.63, 3.8) is 0 Å². The van der Waals surface area contributed by atoms with E-state index in [1.807, 2.05) is 11.0 Å². The van der Waals surface area contributed by atoms with E-state index in [0.717, 1.165) is 23.0 Å². The van der Waals surface area contributed by atoms with E-state index in [1.54, 1.807) is 48.7 Å². The molecule has 202 valence electrons. The number of thiocarbonyl (C=S) groups is 1. The van der Waals surface area contributed by atoms with E-state index in [-0.39, 0.29) is 29.6 Å². The van der Waals surface area contributed by atoms with E-state index >= 15 is 0 Å². The first-order chi connectivity index (χ1) is 19.4. The maximum Gasteiger partial charge on any atom is 0.267 e. The van der Waals surface area contributed by atoms with E-state index in [0.29, 0.717) is 52.4 Å². The lowest BCUT2D eigenvalue weighted by molar-refractivity contribution is -0.122. The number of anilines is 2. The molecule has 2 aliphatic heterocycles. The largest absolute Gasteiger partial charge is 0.368 e. The molecule has 0 bridgehead atoms. The van der Waals surface area contributed by atoms with Gasteiger partial charge in [0.05, 0.1) is 17.0 Å². The molecular formula is C29H23F2N5O2S2. The second kappa shape index (κ2) is 10.8. The van der Waals surface area contributed by atoms with Crippen molar-refractivity contribution in [3.8, 4) is 0 Å². The Kier molecular flexibility index (Phi) is 7.07. The van der Waals surface area contributed by atoms with Gasteiger partial charge in [0.15, 0.2) is 0 Å². The van der Waals surface area contributed by atoms with Gasteiger partial charge in [0.1, 0.15) is 27.4 Å². The summed E-state index contributed by atoms with van der Waals surface area (Å²) in [6.07, 6.45) is 3.23. The molecule has 0 saturated carbocycles. The van der Waals surface area contributed by atoms with Crippen LogP contribution in [0.2, 0.25) is 0 Å². The lowest BCUT2D eigenvalue weighted by atomic mass is 10.2. The van der Waals surface area contributed by atoms with Crippen LogP contribution < -0.4 is 15.4 Å². The molecule has 6 rings (SSSR count). The number of piperazine rings is 1. The molecule has 0 radical (unpaired) electrons. The smallest absolute Gasteiger partial charge is 0.267 e. The highest BCUT2D eigenvalue weighted by Crippen LogP contribution is 2.34. The van der Waals surface area contributed by atoms with E-state index in [4.69, 9.17) is 17.2 Å². The number of carbonyl (C=O) groups excluding carboxylic acids is 1. The number of amides is 1. The van der Waals surface area contributed by atoms with Crippen LogP contribution in [0.25, 0.3) is 11.7 Å². The maximum absolute atomic E-state index is 13.7. The summed E-state index contributed by atoms with van der Waals surface area (Å²) < 4.78 is 28.6. The minimum atomic E-state index is -0.357. The lowest BCUT2D eigenvalue weighted by Crippen LogP contribution is -2.47. The van der Waals surface area contributed by atoms with Crippen molar-refractivity contribution in [1.29, 1.82) is 0 Å². The third-order valence-electron chi connectivity index (χ3n) is 6.92. The minimum absolute atomic E-state index is 0.204. The van der Waals surface area contributed by atoms with Crippen LogP contribution in [0.1, 0.15) is 11.1 Å². The fraction of sp³-hybridized carbons (Fsp3) is 0.172. The molecule has 0 atom stereocenters. The normalized spacial score (nSPS) is 16.9. The maximum atomic E-state index is 13.7. The highest BCUT2D eigenvalue weighted by atomic mass is 32.2. The number of fused-ring (bicyclic) bond motifs is 1. The monoisotopic (exact) mass is 575 g/mol. The van der Waals surface area contributed by atoms with Gasteiger partial charge in [0, 0.05) is 38.1 Å². The summed E-state index contributed by atoms with van der Waals surface area (Å²) >= 11 is 6.61. The van der Waals surface area contributed by atoms with Crippen LogP contribution >= 0.6 is 24.0 Å². The molecular weight excluding hydrogens is 552 g/mol. The van der Waals surface area contributed by atoms with Crippen molar-refractivity contribution in [2.75, 3.05) is 36.0 Å². The first-order valence-electron chi connectivity index (χ1n) is 12.6. The summed E-state index contributed by atoms with van der Waals surface area (Å²) in [7, 11) is 0. The number of pyridine rings is 1. The van der Waals surface area contributed by atoms with Crippen LogP contribution in [-0.4, -0.2) is 50.7 Å². The molecule has 0 unspecified atom stereocenters. The molecule has 0 spiro atoms. The number of halogens is 2. The van der Waals surface area contributed by atoms with E-state index in [1.165, 1.54) is 33.6 Å². The number of thioether (sulfide) groups is 1. The van der Waals surface area contributed by atoms with Crippen molar-refractivity contribution in [1.82, 2.24) is 14.3 Å². The number of nitrogens with zero attached hydrogens (tertiary/aromatic N) is 5. The molecule has 0 aliphatic carbocycles. The molecule has 1 amide bonds. The molecule has 11 heteroatoms. The summed E-state index contributed by atoms with van der Waals surface area (Å²) in [5, 5.41) is 0. The van der Waals surface area contributed by atoms with E-state index < -0.39 is 0 Å². The van der Waals surface area contributed by atoms with Crippen molar-refractivity contribution in [3.05, 3.63) is 111 Å². The molecule has 40 heavy (non-hydrogen) atoms. The van der Waals surface area contributed by atoms with Gasteiger partial charge >= 0.3 is 0 Å². The third-order valence-corrected chi connectivity index (χ3v) is 8.30. The van der Waals surface area contributed by atoms with Gasteiger partial charge in [-0.3, -0.25) is 18.9 Å². The predicted octanol–water partition coefficient (Wildman–Crippen LogP) is 4.70. The lowest BCUT2D eigenvalue weighted by Gasteiger charge is -2.37. The van der Waals surface area contributed by atoms with Gasteiger partial charge in [0.25, 0.3) is 11.5 Å². The Hall–Kier alpha value is -4.09. The van der Waals surface area contributed by atoms with Crippen molar-refractivity contribution in [2.45, 2.75) is 6.54 Å². The van der Waals surface area contributed by atoms with Gasteiger partial charge in [-0.2, -0.15) is 0 Å². The average molecular weight is 576 g/mol. The van der Waals surface area contributed by atoms with Gasteiger partial charge in [-0.15, -0.1) is 0 Å². The Morgan fingerprint density at radius 1 is 0.875 bits per heavy atom. The first-order valence-corrected chi connectivity index (χ1v) is 13.9. The predicted molar refractivity (Wildman–Crippen MR) is 157 cm³/mol. The van der Waals surface area contributed by atoms with Crippen molar-refractivity contribution < 1.29 is 13.6 Å². The zero-order chi connectivity index (χ0) is 27.8. The fourth-order valence-electron chi connectivity index (χ4n) is 4.83. The highest BCUT2D eigenvalue weighted by Gasteiger charge is 2.33. The highest BCUT2D eigenvalue weighted by molar-refractivity contribution is 8.26. The van der Waals surface area contributed by atoms with Gasteiger partial charge in [-0.25, -0.2) is 13.8 Å². The zero-order valence-corrected chi connectivity index (χ0v) is 22.8. The Morgan fingerprint density at radius 3 is 2.23 bits per heavy atom. The molecule has 7 nitrogen and oxygen atoms in total. The summed E-state index contributed by atoms with van der Waals surface area (Å²) in [6, 6.07) is 17.6. The second-order valence-corrected chi connectivity index (χ2v) is 11.1. The topological polar surface area (TPSA) is 61.2 Å². The first kappa shape index (κ1) is 26.1. The van der Waals surface area contributed by atoms with E-state index in [9.17, 15) is 18.4 Å². The van der Waals surface area contributed by atoms with Crippen LogP contribution in [0.15, 0.2) is 82.6 Å². The van der Waals surface area contributed by atoms with Gasteiger partial charge < -0.3 is 9.80 Å². The SMILES string of the molecule is O=C1C(=Cc2c(N3CCN(c4ccc(F)cc4)CC3)nc3ccccn3c2=O)SC(=S)N1Cc1ccc(F)cc1. The number of hydrogen-bond acceptors (Lipinski definition) is 7. The number of rotatable bonds is 5. The zero-order valence-electron chi connectivity index (χ0n) is 21.2. The minimum Gasteiger partial charge on any atom is -0.368 e. The third kappa shape index (κ3) is 5.09. The summed E-state index contributed by atoms with van der Waals surface area (Å²) in [5.74, 6) is -0.456. The van der Waals surface area contributed by atoms with Crippen LogP contribution in [0.4, 0.5) is 20.3 Å². The van der Waals surface area contributed by atoms with E-state index in [2.05, 4.69) is 4.90 Å². The molecule has 2 aliphatic rings. The number of aromatic nitrogens is 2. The summed E-state index contributed by atoms with van der Waals surface area (Å²) in [4.78, 5) is 37.9. The molecule has 0 N–H and O–H groups in total. The summed E-state index contributed by atoms with van der Waals surface area (Å²) in [6.45, 7) is 2.68. The molecule has 2 saturated heterocycles. The van der Waals surface area contributed by atoms with Crippen LogP contribution in [0, 0.1) is 11.6 Å². The molecule has 2 aromatic heterocycles. The van der Waals surface area contributed by atoms with Crippen molar-refractivity contribution in [2.24, 2.45) is 0 Å². The van der Waals surface area contributed by atoms with Gasteiger partial charge in [0.2, 0.25) is 0 Å². The standard InChI is InChI=1S/C29H23F2N5O2S2/c30-20-6-4-19(5-7-20)18-36-28(38)24(40-29(36)39)17-23-26(32-25-3-1-2-12-35(25)27(23)37)34-15-13-33(14-16-34)22-10-8-21(31)9-11-22/h1-12,17H,13-16,18H2. The molecule has 2 aromatic carbocycles. The Labute approximate surface area is 238 Å². The average Bonchev–Trinajstić information content (AvgIpc) is 3.23.